The van der Waals surface area contributed by atoms with Crippen LogP contribution in [0.1, 0.15) is 5.56 Å². The van der Waals surface area contributed by atoms with Gasteiger partial charge in [0.25, 0.3) is 0 Å². The van der Waals surface area contributed by atoms with Crippen molar-refractivity contribution >= 4 is 11.6 Å². The molecule has 0 aliphatic heterocycles. The Hall–Kier alpha value is -4.70. The third-order valence-corrected chi connectivity index (χ3v) is 6.24. The van der Waals surface area contributed by atoms with Gasteiger partial charge in [-0.25, -0.2) is 0 Å². The van der Waals surface area contributed by atoms with E-state index in [0.29, 0.717) is 52.0 Å². The van der Waals surface area contributed by atoms with E-state index in [1.165, 1.54) is 21.3 Å². The molecule has 4 aromatic rings. The third kappa shape index (κ3) is 5.75. The van der Waals surface area contributed by atoms with Crippen LogP contribution in [0.15, 0.2) is 65.3 Å². The van der Waals surface area contributed by atoms with Gasteiger partial charge in [0.1, 0.15) is 11.5 Å². The Morgan fingerprint density at radius 1 is 0.846 bits per heavy atom. The van der Waals surface area contributed by atoms with Crippen molar-refractivity contribution in [3.63, 3.8) is 0 Å². The Bertz CT molecular complexity index is 1430. The van der Waals surface area contributed by atoms with Gasteiger partial charge in [-0.2, -0.15) is 0 Å². The average Bonchev–Trinajstić information content (AvgIpc) is 3.46. The zero-order chi connectivity index (χ0) is 27.9. The molecular formula is C29H31N3O7. The van der Waals surface area contributed by atoms with E-state index in [-0.39, 0.29) is 5.91 Å². The molecule has 0 radical (unpaired) electrons. The number of hydrogen-bond donors (Lipinski definition) is 2. The van der Waals surface area contributed by atoms with Crippen molar-refractivity contribution in [3.05, 3.63) is 66.4 Å². The molecule has 39 heavy (non-hydrogen) atoms. The lowest BCUT2D eigenvalue weighted by molar-refractivity contribution is -0.117. The van der Waals surface area contributed by atoms with Crippen LogP contribution in [0.5, 0.6) is 28.7 Å². The largest absolute Gasteiger partial charge is 0.497 e. The molecule has 1 unspecified atom stereocenters. The molecular weight excluding hydrogens is 502 g/mol. The number of anilines is 1. The summed E-state index contributed by atoms with van der Waals surface area (Å²) in [5.74, 6) is 2.68. The monoisotopic (exact) mass is 533 g/mol. The summed E-state index contributed by atoms with van der Waals surface area (Å²) in [5, 5.41) is 6.91. The van der Waals surface area contributed by atoms with Crippen molar-refractivity contribution in [1.82, 2.24) is 5.16 Å². The fourth-order valence-electron chi connectivity index (χ4n) is 4.23. The maximum atomic E-state index is 13.0. The molecule has 0 saturated heterocycles. The first-order valence-corrected chi connectivity index (χ1v) is 12.1. The van der Waals surface area contributed by atoms with Crippen molar-refractivity contribution in [1.29, 1.82) is 0 Å². The summed E-state index contributed by atoms with van der Waals surface area (Å²) >= 11 is 0. The number of carbonyl (C=O) groups excluding carboxylic acids is 1. The topological polar surface area (TPSA) is 127 Å². The number of ether oxygens (including phenoxy) is 5. The quantitative estimate of drug-likeness (QED) is 0.285. The minimum Gasteiger partial charge on any atom is -0.497 e. The molecule has 4 rings (SSSR count). The molecule has 10 heteroatoms. The van der Waals surface area contributed by atoms with Crippen LogP contribution in [0.4, 0.5) is 5.69 Å². The normalized spacial score (nSPS) is 11.4. The summed E-state index contributed by atoms with van der Waals surface area (Å²) in [6, 6.07) is 15.6. The van der Waals surface area contributed by atoms with E-state index in [9.17, 15) is 4.79 Å². The second kappa shape index (κ2) is 12.2. The van der Waals surface area contributed by atoms with Crippen LogP contribution in [0.25, 0.3) is 22.5 Å². The van der Waals surface area contributed by atoms with Gasteiger partial charge in [0, 0.05) is 5.56 Å². The summed E-state index contributed by atoms with van der Waals surface area (Å²) in [5.41, 5.74) is 9.61. The van der Waals surface area contributed by atoms with Gasteiger partial charge in [0.2, 0.25) is 11.7 Å². The highest BCUT2D eigenvalue weighted by Crippen LogP contribution is 2.47. The molecule has 1 aromatic heterocycles. The summed E-state index contributed by atoms with van der Waals surface area (Å²) in [4.78, 5) is 13.0. The molecule has 3 N–H and O–H groups in total. The highest BCUT2D eigenvalue weighted by Gasteiger charge is 2.24. The molecule has 0 saturated carbocycles. The van der Waals surface area contributed by atoms with Gasteiger partial charge < -0.3 is 39.3 Å². The van der Waals surface area contributed by atoms with Crippen molar-refractivity contribution < 1.29 is 33.0 Å². The molecule has 0 bridgehead atoms. The van der Waals surface area contributed by atoms with E-state index in [4.69, 9.17) is 33.9 Å². The maximum absolute atomic E-state index is 13.0. The first-order valence-electron chi connectivity index (χ1n) is 12.1. The molecule has 3 aromatic carbocycles. The van der Waals surface area contributed by atoms with Gasteiger partial charge in [0.15, 0.2) is 17.3 Å². The molecule has 0 fully saturated rings. The SMILES string of the molecule is COc1ccc(CC(N)C(=O)Nc2cc(-c3cnoc3-c3ccc(OC)c(OC)c3OC)ccc2OC)cc1. The second-order valence-corrected chi connectivity index (χ2v) is 8.51. The standard InChI is InChI=1S/C29H31N3O7/c1-34-19-9-6-17(7-10-19)14-22(30)29(33)32-23-15-18(8-12-24(23)35-2)21-16-31-39-26(21)20-11-13-25(36-3)28(38-5)27(20)37-4/h6-13,15-16,22H,14,30H2,1-5H3,(H,32,33). The highest BCUT2D eigenvalue weighted by atomic mass is 16.5. The minimum absolute atomic E-state index is 0.353. The van der Waals surface area contributed by atoms with E-state index in [1.807, 2.05) is 30.3 Å². The zero-order valence-electron chi connectivity index (χ0n) is 22.4. The minimum atomic E-state index is -0.783. The number of nitrogens with two attached hydrogens (primary N) is 1. The van der Waals surface area contributed by atoms with E-state index >= 15 is 0 Å². The lowest BCUT2D eigenvalue weighted by atomic mass is 10.00. The Balaban J connectivity index is 1.63. The average molecular weight is 534 g/mol. The van der Waals surface area contributed by atoms with Gasteiger partial charge >= 0.3 is 0 Å². The van der Waals surface area contributed by atoms with Crippen molar-refractivity contribution in [2.45, 2.75) is 12.5 Å². The highest BCUT2D eigenvalue weighted by molar-refractivity contribution is 5.97. The van der Waals surface area contributed by atoms with E-state index in [0.717, 1.165) is 16.9 Å². The van der Waals surface area contributed by atoms with Crippen molar-refractivity contribution in [2.24, 2.45) is 5.73 Å². The molecule has 204 valence electrons. The van der Waals surface area contributed by atoms with Gasteiger partial charge in [-0.15, -0.1) is 0 Å². The number of nitrogens with zero attached hydrogens (tertiary/aromatic N) is 1. The number of benzene rings is 3. The summed E-state index contributed by atoms with van der Waals surface area (Å²) in [6.07, 6.45) is 1.95. The molecule has 1 atom stereocenters. The molecule has 1 amide bonds. The Labute approximate surface area is 226 Å². The predicted molar refractivity (Wildman–Crippen MR) is 147 cm³/mol. The third-order valence-electron chi connectivity index (χ3n) is 6.24. The summed E-state index contributed by atoms with van der Waals surface area (Å²) < 4.78 is 32.9. The van der Waals surface area contributed by atoms with Gasteiger partial charge in [-0.05, 0) is 53.9 Å². The summed E-state index contributed by atoms with van der Waals surface area (Å²) in [6.45, 7) is 0. The van der Waals surface area contributed by atoms with Crippen molar-refractivity contribution in [3.8, 4) is 51.2 Å². The number of rotatable bonds is 11. The van der Waals surface area contributed by atoms with Gasteiger partial charge in [-0.3, -0.25) is 4.79 Å². The molecule has 0 spiro atoms. The number of aromatic nitrogens is 1. The predicted octanol–water partition coefficient (Wildman–Crippen LogP) is 4.56. The molecule has 10 nitrogen and oxygen atoms in total. The van der Waals surface area contributed by atoms with Crippen molar-refractivity contribution in [2.75, 3.05) is 40.9 Å². The lowest BCUT2D eigenvalue weighted by Crippen LogP contribution is -2.37. The van der Waals surface area contributed by atoms with Crippen LogP contribution in [-0.2, 0) is 11.2 Å². The molecule has 1 heterocycles. The number of carbonyl (C=O) groups is 1. The maximum Gasteiger partial charge on any atom is 0.241 e. The van der Waals surface area contributed by atoms with Crippen LogP contribution >= 0.6 is 0 Å². The zero-order valence-corrected chi connectivity index (χ0v) is 22.4. The van der Waals surface area contributed by atoms with E-state index in [1.54, 1.807) is 44.7 Å². The fraction of sp³-hybridized carbons (Fsp3) is 0.241. The van der Waals surface area contributed by atoms with Crippen LogP contribution in [0.3, 0.4) is 0 Å². The van der Waals surface area contributed by atoms with E-state index < -0.39 is 6.04 Å². The van der Waals surface area contributed by atoms with E-state index in [2.05, 4.69) is 10.5 Å². The molecule has 0 aliphatic carbocycles. The Kier molecular flexibility index (Phi) is 8.57. The number of hydrogen-bond acceptors (Lipinski definition) is 9. The number of nitrogens with one attached hydrogen (secondary N) is 1. The van der Waals surface area contributed by atoms with Gasteiger partial charge in [0.05, 0.1) is 59.0 Å². The van der Waals surface area contributed by atoms with Crippen LogP contribution in [0.2, 0.25) is 0 Å². The van der Waals surface area contributed by atoms with Crippen LogP contribution < -0.4 is 34.7 Å². The van der Waals surface area contributed by atoms with Crippen LogP contribution in [-0.4, -0.2) is 52.7 Å². The number of methoxy groups -OCH3 is 5. The lowest BCUT2D eigenvalue weighted by Gasteiger charge is -2.16. The van der Waals surface area contributed by atoms with Gasteiger partial charge in [-0.1, -0.05) is 23.4 Å². The summed E-state index contributed by atoms with van der Waals surface area (Å²) in [7, 11) is 7.74. The molecule has 0 aliphatic rings. The Morgan fingerprint density at radius 3 is 2.18 bits per heavy atom. The fourth-order valence-corrected chi connectivity index (χ4v) is 4.23. The van der Waals surface area contributed by atoms with Crippen LogP contribution in [0, 0.1) is 0 Å². The first kappa shape index (κ1) is 27.3. The Morgan fingerprint density at radius 2 is 1.54 bits per heavy atom. The number of amides is 1. The first-order chi connectivity index (χ1) is 18.9. The second-order valence-electron chi connectivity index (χ2n) is 8.51. The smallest absolute Gasteiger partial charge is 0.241 e.